The Balaban J connectivity index is 2.16. The Bertz CT molecular complexity index is 704. The van der Waals surface area contributed by atoms with Gasteiger partial charge >= 0.3 is 0 Å². The molecule has 0 fully saturated rings. The lowest BCUT2D eigenvalue weighted by Gasteiger charge is -1.94. The number of aryl methyl sites for hydroxylation is 1. The standard InChI is InChI=1S/C16H11NO3/c1-12-2-4-13(5-3-12)6-11-16(18)14-7-9-15(10-8-14)17(19)20/h2-5,7-10H,1H3. The zero-order valence-electron chi connectivity index (χ0n) is 10.8. The van der Waals surface area contributed by atoms with Crippen molar-refractivity contribution in [2.75, 3.05) is 0 Å². The van der Waals surface area contributed by atoms with E-state index in [0.717, 1.165) is 11.1 Å². The van der Waals surface area contributed by atoms with Gasteiger partial charge in [-0.3, -0.25) is 14.9 Å². The summed E-state index contributed by atoms with van der Waals surface area (Å²) in [6, 6.07) is 12.9. The second-order valence-corrected chi connectivity index (χ2v) is 4.25. The quantitative estimate of drug-likeness (QED) is 0.363. The number of hydrogen-bond donors (Lipinski definition) is 0. The summed E-state index contributed by atoms with van der Waals surface area (Å²) in [6.45, 7) is 1.97. The normalized spacial score (nSPS) is 9.45. The number of hydrogen-bond acceptors (Lipinski definition) is 3. The molecule has 0 saturated heterocycles. The Kier molecular flexibility index (Phi) is 3.92. The first kappa shape index (κ1) is 13.5. The maximum Gasteiger partial charge on any atom is 0.269 e. The predicted molar refractivity (Wildman–Crippen MR) is 75.5 cm³/mol. The topological polar surface area (TPSA) is 60.2 Å². The van der Waals surface area contributed by atoms with Crippen LogP contribution in [0, 0.1) is 28.9 Å². The van der Waals surface area contributed by atoms with E-state index < -0.39 is 4.92 Å². The van der Waals surface area contributed by atoms with Gasteiger partial charge in [0.25, 0.3) is 5.69 Å². The van der Waals surface area contributed by atoms with Gasteiger partial charge in [0.2, 0.25) is 5.78 Å². The third-order valence-corrected chi connectivity index (χ3v) is 2.71. The van der Waals surface area contributed by atoms with Crippen LogP contribution < -0.4 is 0 Å². The maximum atomic E-state index is 11.8. The molecule has 0 unspecified atom stereocenters. The maximum absolute atomic E-state index is 11.8. The van der Waals surface area contributed by atoms with E-state index in [0.29, 0.717) is 5.56 Å². The van der Waals surface area contributed by atoms with E-state index >= 15 is 0 Å². The summed E-state index contributed by atoms with van der Waals surface area (Å²) in [7, 11) is 0. The number of rotatable bonds is 2. The zero-order chi connectivity index (χ0) is 14.5. The number of carbonyl (C=O) groups excluding carboxylic acids is 1. The van der Waals surface area contributed by atoms with Crippen molar-refractivity contribution in [1.29, 1.82) is 0 Å². The molecule has 4 nitrogen and oxygen atoms in total. The molecule has 0 amide bonds. The molecule has 0 bridgehead atoms. The van der Waals surface area contributed by atoms with Gasteiger partial charge in [-0.25, -0.2) is 0 Å². The summed E-state index contributed by atoms with van der Waals surface area (Å²) in [6.07, 6.45) is 0. The van der Waals surface area contributed by atoms with Crippen LogP contribution >= 0.6 is 0 Å². The van der Waals surface area contributed by atoms with Crippen molar-refractivity contribution in [1.82, 2.24) is 0 Å². The fourth-order valence-electron chi connectivity index (χ4n) is 1.57. The van der Waals surface area contributed by atoms with E-state index in [4.69, 9.17) is 0 Å². The lowest BCUT2D eigenvalue weighted by Crippen LogP contribution is -1.96. The van der Waals surface area contributed by atoms with Crippen LogP contribution in [0.5, 0.6) is 0 Å². The molecule has 0 aliphatic heterocycles. The van der Waals surface area contributed by atoms with Crippen LogP contribution in [0.1, 0.15) is 21.5 Å². The first-order valence-electron chi connectivity index (χ1n) is 5.94. The van der Waals surface area contributed by atoms with Gasteiger partial charge in [-0.1, -0.05) is 23.6 Å². The molecular formula is C16H11NO3. The van der Waals surface area contributed by atoms with Crippen LogP contribution in [0.2, 0.25) is 0 Å². The molecule has 2 aromatic carbocycles. The smallest absolute Gasteiger partial charge is 0.269 e. The van der Waals surface area contributed by atoms with Crippen molar-refractivity contribution in [2.24, 2.45) is 0 Å². The molecule has 0 saturated carbocycles. The third-order valence-electron chi connectivity index (χ3n) is 2.71. The molecule has 98 valence electrons. The number of non-ortho nitro benzene ring substituents is 1. The van der Waals surface area contributed by atoms with Crippen molar-refractivity contribution >= 4 is 11.5 Å². The molecular weight excluding hydrogens is 254 g/mol. The minimum Gasteiger partial charge on any atom is -0.279 e. The number of Topliss-reactive ketones (excluding diaryl/α,β-unsaturated/α-hetero) is 1. The molecule has 0 aliphatic rings. The minimum atomic E-state index is -0.508. The SMILES string of the molecule is Cc1ccc(C#CC(=O)c2ccc([N+](=O)[O-])cc2)cc1. The molecule has 0 aliphatic carbocycles. The monoisotopic (exact) mass is 265 g/mol. The third kappa shape index (κ3) is 3.30. The van der Waals surface area contributed by atoms with Gasteiger partial charge in [-0.05, 0) is 37.1 Å². The molecule has 0 heterocycles. The summed E-state index contributed by atoms with van der Waals surface area (Å²) in [4.78, 5) is 21.8. The van der Waals surface area contributed by atoms with Crippen molar-refractivity contribution in [3.63, 3.8) is 0 Å². The van der Waals surface area contributed by atoms with Gasteiger partial charge in [0.1, 0.15) is 0 Å². The van der Waals surface area contributed by atoms with Crippen LogP contribution in [0.3, 0.4) is 0 Å². The fourth-order valence-corrected chi connectivity index (χ4v) is 1.57. The van der Waals surface area contributed by atoms with E-state index in [1.807, 2.05) is 31.2 Å². The average molecular weight is 265 g/mol. The highest BCUT2D eigenvalue weighted by Gasteiger charge is 2.07. The number of benzene rings is 2. The molecule has 20 heavy (non-hydrogen) atoms. The van der Waals surface area contributed by atoms with Crippen LogP contribution in [0.25, 0.3) is 0 Å². The summed E-state index contributed by atoms with van der Waals surface area (Å²) in [5, 5.41) is 10.5. The van der Waals surface area contributed by atoms with E-state index in [2.05, 4.69) is 11.8 Å². The summed E-state index contributed by atoms with van der Waals surface area (Å²) in [5.41, 5.74) is 2.17. The summed E-state index contributed by atoms with van der Waals surface area (Å²) < 4.78 is 0. The fraction of sp³-hybridized carbons (Fsp3) is 0.0625. The van der Waals surface area contributed by atoms with Crippen LogP contribution in [-0.4, -0.2) is 10.7 Å². The van der Waals surface area contributed by atoms with Crippen LogP contribution in [0.4, 0.5) is 5.69 Å². The Labute approximate surface area is 116 Å². The second kappa shape index (κ2) is 5.81. The average Bonchev–Trinajstić information content (AvgIpc) is 2.46. The Morgan fingerprint density at radius 2 is 1.65 bits per heavy atom. The van der Waals surface area contributed by atoms with Crippen molar-refractivity contribution in [2.45, 2.75) is 6.92 Å². The van der Waals surface area contributed by atoms with E-state index in [9.17, 15) is 14.9 Å². The zero-order valence-corrected chi connectivity index (χ0v) is 10.8. The highest BCUT2D eigenvalue weighted by Crippen LogP contribution is 2.12. The van der Waals surface area contributed by atoms with Gasteiger partial charge in [0, 0.05) is 23.3 Å². The number of nitro groups is 1. The summed E-state index contributed by atoms with van der Waals surface area (Å²) in [5.74, 6) is 4.94. The number of carbonyl (C=O) groups is 1. The van der Waals surface area contributed by atoms with Crippen molar-refractivity contribution in [3.8, 4) is 11.8 Å². The lowest BCUT2D eigenvalue weighted by atomic mass is 10.1. The number of nitro benzene ring substituents is 1. The van der Waals surface area contributed by atoms with Crippen molar-refractivity contribution < 1.29 is 9.72 Å². The Hall–Kier alpha value is -2.93. The highest BCUT2D eigenvalue weighted by molar-refractivity contribution is 6.09. The van der Waals surface area contributed by atoms with E-state index in [1.54, 1.807) is 0 Å². The number of ketones is 1. The van der Waals surface area contributed by atoms with Gasteiger partial charge in [-0.2, -0.15) is 0 Å². The lowest BCUT2D eigenvalue weighted by molar-refractivity contribution is -0.384. The predicted octanol–water partition coefficient (Wildman–Crippen LogP) is 3.14. The van der Waals surface area contributed by atoms with Crippen LogP contribution in [-0.2, 0) is 0 Å². The van der Waals surface area contributed by atoms with Gasteiger partial charge < -0.3 is 0 Å². The van der Waals surface area contributed by atoms with Gasteiger partial charge in [-0.15, -0.1) is 0 Å². The Morgan fingerprint density at radius 1 is 1.05 bits per heavy atom. The largest absolute Gasteiger partial charge is 0.279 e. The first-order chi connectivity index (χ1) is 9.56. The van der Waals surface area contributed by atoms with Gasteiger partial charge in [0.05, 0.1) is 4.92 Å². The van der Waals surface area contributed by atoms with E-state index in [1.165, 1.54) is 24.3 Å². The van der Waals surface area contributed by atoms with Gasteiger partial charge in [0.15, 0.2) is 0 Å². The van der Waals surface area contributed by atoms with E-state index in [-0.39, 0.29) is 11.5 Å². The molecule has 0 radical (unpaired) electrons. The molecule has 0 atom stereocenters. The first-order valence-corrected chi connectivity index (χ1v) is 5.94. The number of nitrogens with zero attached hydrogens (tertiary/aromatic N) is 1. The minimum absolute atomic E-state index is 0.0481. The molecule has 0 aromatic heterocycles. The molecule has 0 spiro atoms. The molecule has 2 aromatic rings. The molecule has 0 N–H and O–H groups in total. The van der Waals surface area contributed by atoms with Crippen LogP contribution in [0.15, 0.2) is 48.5 Å². The summed E-state index contributed by atoms with van der Waals surface area (Å²) >= 11 is 0. The van der Waals surface area contributed by atoms with Crippen molar-refractivity contribution in [3.05, 3.63) is 75.3 Å². The molecule has 2 rings (SSSR count). The highest BCUT2D eigenvalue weighted by atomic mass is 16.6. The molecule has 4 heteroatoms. The second-order valence-electron chi connectivity index (χ2n) is 4.25. The Morgan fingerprint density at radius 3 is 2.20 bits per heavy atom.